The molecule has 2 nitrogen and oxygen atoms in total. The molecule has 1 heterocycles. The average Bonchev–Trinajstić information content (AvgIpc) is 2.30. The van der Waals surface area contributed by atoms with Crippen molar-refractivity contribution in [2.45, 2.75) is 6.92 Å². The first-order valence-electron chi connectivity index (χ1n) is 4.98. The van der Waals surface area contributed by atoms with Gasteiger partial charge in [-0.2, -0.15) is 0 Å². The van der Waals surface area contributed by atoms with Crippen LogP contribution < -0.4 is 4.90 Å². The molecular formula is C13H14N2. The topological polar surface area (TPSA) is 16.1 Å². The predicted octanol–water partition coefficient (Wildman–Crippen LogP) is 3.16. The summed E-state index contributed by atoms with van der Waals surface area (Å²) < 4.78 is 0. The van der Waals surface area contributed by atoms with E-state index in [0.29, 0.717) is 0 Å². The van der Waals surface area contributed by atoms with Gasteiger partial charge in [0.05, 0.1) is 11.9 Å². The maximum absolute atomic E-state index is 4.11. The van der Waals surface area contributed by atoms with Gasteiger partial charge in [0.25, 0.3) is 0 Å². The van der Waals surface area contributed by atoms with E-state index >= 15 is 0 Å². The fourth-order valence-electron chi connectivity index (χ4n) is 1.47. The summed E-state index contributed by atoms with van der Waals surface area (Å²) in [5, 5.41) is 0. The summed E-state index contributed by atoms with van der Waals surface area (Å²) in [6.45, 7) is 2.09. The van der Waals surface area contributed by atoms with E-state index in [1.807, 2.05) is 25.4 Å². The molecule has 0 amide bonds. The van der Waals surface area contributed by atoms with Crippen molar-refractivity contribution in [3.8, 4) is 0 Å². The van der Waals surface area contributed by atoms with Crippen LogP contribution in [0.2, 0.25) is 0 Å². The van der Waals surface area contributed by atoms with E-state index < -0.39 is 0 Å². The van der Waals surface area contributed by atoms with Gasteiger partial charge in [0.15, 0.2) is 0 Å². The number of aromatic nitrogens is 1. The maximum atomic E-state index is 4.11. The molecule has 2 heteroatoms. The summed E-state index contributed by atoms with van der Waals surface area (Å²) >= 11 is 0. The Morgan fingerprint density at radius 2 is 1.73 bits per heavy atom. The van der Waals surface area contributed by atoms with Crippen molar-refractivity contribution >= 4 is 11.4 Å². The van der Waals surface area contributed by atoms with Crippen molar-refractivity contribution in [3.63, 3.8) is 0 Å². The number of hydrogen-bond donors (Lipinski definition) is 0. The third kappa shape index (κ3) is 2.15. The lowest BCUT2D eigenvalue weighted by Gasteiger charge is -2.18. The van der Waals surface area contributed by atoms with E-state index in [1.165, 1.54) is 11.3 Å². The molecule has 0 N–H and O–H groups in total. The van der Waals surface area contributed by atoms with E-state index in [2.05, 4.69) is 41.1 Å². The Kier molecular flexibility index (Phi) is 2.68. The fourth-order valence-corrected chi connectivity index (χ4v) is 1.47. The van der Waals surface area contributed by atoms with Crippen molar-refractivity contribution in [3.05, 3.63) is 54.4 Å². The van der Waals surface area contributed by atoms with Crippen LogP contribution >= 0.6 is 0 Å². The third-order valence-corrected chi connectivity index (χ3v) is 2.45. The summed E-state index contributed by atoms with van der Waals surface area (Å²) in [6, 6.07) is 12.4. The lowest BCUT2D eigenvalue weighted by Crippen LogP contribution is -2.09. The van der Waals surface area contributed by atoms with Crippen LogP contribution in [-0.2, 0) is 0 Å². The van der Waals surface area contributed by atoms with Crippen LogP contribution in [0.3, 0.4) is 0 Å². The van der Waals surface area contributed by atoms with Gasteiger partial charge in [-0.3, -0.25) is 4.98 Å². The summed E-state index contributed by atoms with van der Waals surface area (Å²) in [4.78, 5) is 6.22. The summed E-state index contributed by atoms with van der Waals surface area (Å²) in [5.74, 6) is 0. The Morgan fingerprint density at radius 1 is 1.00 bits per heavy atom. The first-order chi connectivity index (χ1) is 7.27. The molecule has 0 saturated heterocycles. The molecule has 15 heavy (non-hydrogen) atoms. The minimum Gasteiger partial charge on any atom is -0.343 e. The molecule has 1 aromatic heterocycles. The third-order valence-electron chi connectivity index (χ3n) is 2.45. The van der Waals surface area contributed by atoms with Gasteiger partial charge in [-0.25, -0.2) is 0 Å². The second-order valence-electron chi connectivity index (χ2n) is 3.61. The smallest absolute Gasteiger partial charge is 0.0594 e. The minimum atomic E-state index is 1.10. The highest BCUT2D eigenvalue weighted by molar-refractivity contribution is 5.61. The molecule has 0 fully saturated rings. The van der Waals surface area contributed by atoms with Crippen molar-refractivity contribution in [2.24, 2.45) is 0 Å². The normalized spacial score (nSPS) is 10.0. The van der Waals surface area contributed by atoms with Gasteiger partial charge >= 0.3 is 0 Å². The van der Waals surface area contributed by atoms with Gasteiger partial charge in [-0.15, -0.1) is 0 Å². The van der Waals surface area contributed by atoms with E-state index in [9.17, 15) is 0 Å². The number of aryl methyl sites for hydroxylation is 1. The van der Waals surface area contributed by atoms with E-state index in [1.54, 1.807) is 6.20 Å². The number of nitrogens with zero attached hydrogens (tertiary/aromatic N) is 2. The molecule has 0 aliphatic carbocycles. The number of benzene rings is 1. The molecule has 0 spiro atoms. The molecular weight excluding hydrogens is 184 g/mol. The molecule has 0 aliphatic heterocycles. The van der Waals surface area contributed by atoms with E-state index in [0.717, 1.165) is 5.69 Å². The number of hydrogen-bond acceptors (Lipinski definition) is 2. The van der Waals surface area contributed by atoms with Crippen LogP contribution in [-0.4, -0.2) is 12.0 Å². The fraction of sp³-hybridized carbons (Fsp3) is 0.154. The molecule has 0 atom stereocenters. The quantitative estimate of drug-likeness (QED) is 0.736. The van der Waals surface area contributed by atoms with Crippen LogP contribution in [0.4, 0.5) is 11.4 Å². The van der Waals surface area contributed by atoms with Crippen LogP contribution in [0.15, 0.2) is 48.8 Å². The molecule has 0 aliphatic rings. The Morgan fingerprint density at radius 3 is 2.33 bits per heavy atom. The summed E-state index contributed by atoms with van der Waals surface area (Å²) in [6.07, 6.45) is 3.65. The van der Waals surface area contributed by atoms with E-state index in [-0.39, 0.29) is 0 Å². The molecule has 0 saturated carbocycles. The first-order valence-corrected chi connectivity index (χ1v) is 4.98. The highest BCUT2D eigenvalue weighted by Crippen LogP contribution is 2.22. The van der Waals surface area contributed by atoms with Gasteiger partial charge < -0.3 is 4.90 Å². The van der Waals surface area contributed by atoms with Crippen LogP contribution in [0, 0.1) is 6.92 Å². The SMILES string of the molecule is Cc1ccc(N(C)c2cccnc2)cc1. The van der Waals surface area contributed by atoms with Crippen LogP contribution in [0.25, 0.3) is 0 Å². The standard InChI is InChI=1S/C13H14N2/c1-11-5-7-12(8-6-11)15(2)13-4-3-9-14-10-13/h3-10H,1-2H3. The zero-order valence-corrected chi connectivity index (χ0v) is 9.01. The van der Waals surface area contributed by atoms with Crippen molar-refractivity contribution in [1.29, 1.82) is 0 Å². The van der Waals surface area contributed by atoms with Crippen LogP contribution in [0.1, 0.15) is 5.56 Å². The number of anilines is 2. The Labute approximate surface area is 90.2 Å². The average molecular weight is 198 g/mol. The summed E-state index contributed by atoms with van der Waals surface area (Å²) in [5.41, 5.74) is 3.55. The number of rotatable bonds is 2. The second-order valence-corrected chi connectivity index (χ2v) is 3.61. The summed E-state index contributed by atoms with van der Waals surface area (Å²) in [7, 11) is 2.04. The van der Waals surface area contributed by atoms with Gasteiger partial charge in [-0.05, 0) is 31.2 Å². The highest BCUT2D eigenvalue weighted by Gasteiger charge is 2.02. The minimum absolute atomic E-state index is 1.10. The zero-order chi connectivity index (χ0) is 10.7. The van der Waals surface area contributed by atoms with Crippen molar-refractivity contribution < 1.29 is 0 Å². The first kappa shape index (κ1) is 9.71. The molecule has 2 aromatic rings. The Balaban J connectivity index is 2.29. The largest absolute Gasteiger partial charge is 0.343 e. The predicted molar refractivity (Wildman–Crippen MR) is 63.5 cm³/mol. The molecule has 2 rings (SSSR count). The Bertz CT molecular complexity index is 420. The maximum Gasteiger partial charge on any atom is 0.0594 e. The van der Waals surface area contributed by atoms with Gasteiger partial charge in [0, 0.05) is 18.9 Å². The number of pyridine rings is 1. The van der Waals surface area contributed by atoms with Crippen molar-refractivity contribution in [1.82, 2.24) is 4.98 Å². The van der Waals surface area contributed by atoms with Gasteiger partial charge in [-0.1, -0.05) is 17.7 Å². The highest BCUT2D eigenvalue weighted by atomic mass is 15.1. The monoisotopic (exact) mass is 198 g/mol. The molecule has 0 radical (unpaired) electrons. The lowest BCUT2D eigenvalue weighted by molar-refractivity contribution is 1.17. The van der Waals surface area contributed by atoms with E-state index in [4.69, 9.17) is 0 Å². The van der Waals surface area contributed by atoms with Gasteiger partial charge in [0.2, 0.25) is 0 Å². The molecule has 1 aromatic carbocycles. The molecule has 76 valence electrons. The van der Waals surface area contributed by atoms with Gasteiger partial charge in [0.1, 0.15) is 0 Å². The van der Waals surface area contributed by atoms with Crippen LogP contribution in [0.5, 0.6) is 0 Å². The zero-order valence-electron chi connectivity index (χ0n) is 9.01. The van der Waals surface area contributed by atoms with Crippen molar-refractivity contribution in [2.75, 3.05) is 11.9 Å². The Hall–Kier alpha value is -1.83. The lowest BCUT2D eigenvalue weighted by atomic mass is 10.2. The molecule has 0 unspecified atom stereocenters. The molecule has 0 bridgehead atoms. The second kappa shape index (κ2) is 4.13.